The molecular weight excluding hydrogens is 706 g/mol. The van der Waals surface area contributed by atoms with E-state index in [2.05, 4.69) is 22.5 Å². The second-order valence-corrected chi connectivity index (χ2v) is 16.5. The summed E-state index contributed by atoms with van der Waals surface area (Å²) in [5.41, 5.74) is 0. The van der Waals surface area contributed by atoms with Gasteiger partial charge in [-0.25, -0.2) is 0 Å². The van der Waals surface area contributed by atoms with E-state index in [9.17, 15) is 38.7 Å². The molecule has 55 heavy (non-hydrogen) atoms. The van der Waals surface area contributed by atoms with Crippen molar-refractivity contribution in [3.05, 3.63) is 12.7 Å². The van der Waals surface area contributed by atoms with Gasteiger partial charge in [-0.2, -0.15) is 0 Å². The normalized spacial score (nSPS) is 29.3. The first-order valence-corrected chi connectivity index (χ1v) is 19.9. The molecule has 10 atom stereocenters. The van der Waals surface area contributed by atoms with E-state index in [1.807, 2.05) is 27.7 Å². The number of rotatable bonds is 9. The van der Waals surface area contributed by atoms with Crippen LogP contribution in [-0.2, 0) is 33.6 Å². The van der Waals surface area contributed by atoms with E-state index in [1.54, 1.807) is 40.7 Å². The first-order chi connectivity index (χ1) is 25.6. The maximum atomic E-state index is 14.2. The van der Waals surface area contributed by atoms with E-state index < -0.39 is 102 Å². The molecule has 2 aliphatic rings. The summed E-state index contributed by atoms with van der Waals surface area (Å²) in [7, 11) is 4.41. The summed E-state index contributed by atoms with van der Waals surface area (Å²) >= 11 is 0. The van der Waals surface area contributed by atoms with Crippen LogP contribution in [0.3, 0.4) is 0 Å². The van der Waals surface area contributed by atoms with Crippen LogP contribution in [0, 0.1) is 23.7 Å². The number of piperidine rings is 1. The molecule has 1 unspecified atom stereocenters. The number of likely N-dealkylation sites (N-methyl/N-ethyl adjacent to an activating group) is 3. The first kappa shape index (κ1) is 47.1. The quantitative estimate of drug-likeness (QED) is 0.255. The van der Waals surface area contributed by atoms with Crippen molar-refractivity contribution in [2.45, 2.75) is 149 Å². The minimum Gasteiger partial charge on any atom is -0.390 e. The lowest BCUT2D eigenvalue weighted by molar-refractivity contribution is -0.151. The summed E-state index contributed by atoms with van der Waals surface area (Å²) in [5, 5.41) is 19.6. The monoisotopic (exact) mass is 776 g/mol. The van der Waals surface area contributed by atoms with Crippen molar-refractivity contribution >= 4 is 41.4 Å². The van der Waals surface area contributed by atoms with Gasteiger partial charge in [-0.3, -0.25) is 33.6 Å². The Morgan fingerprint density at radius 1 is 0.727 bits per heavy atom. The number of aliphatic hydroxyl groups is 1. The third-order valence-corrected chi connectivity index (χ3v) is 11.5. The predicted octanol–water partition coefficient (Wildman–Crippen LogP) is 1.68. The zero-order chi connectivity index (χ0) is 42.1. The number of allylic oxidation sites excluding steroid dienone is 1. The highest BCUT2D eigenvalue weighted by atomic mass is 16.3. The lowest BCUT2D eigenvalue weighted by Gasteiger charge is -2.39. The van der Waals surface area contributed by atoms with E-state index in [1.165, 1.54) is 40.7 Å². The zero-order valence-corrected chi connectivity index (χ0v) is 35.3. The number of hydrogen-bond acceptors (Lipinski definition) is 8. The van der Waals surface area contributed by atoms with Crippen LogP contribution in [0.1, 0.15) is 101 Å². The summed E-state index contributed by atoms with van der Waals surface area (Å²) in [5.74, 6) is -5.25. The van der Waals surface area contributed by atoms with Gasteiger partial charge < -0.3 is 40.7 Å². The molecule has 15 heteroatoms. The molecule has 0 aromatic rings. The second kappa shape index (κ2) is 20.8. The molecule has 2 saturated heterocycles. The standard InChI is InChI=1S/C40H69N7O8/c1-14-24(7)21-28-39(54)44(11)27(10)38(53)47-19-17-16-18-29(47)34(49)43-32(33(48)23(5)6)36(51)42-31(25(8)15-2)40(55)45(12)26(9)37(52)46(13)30(20-22(3)4)35(50)41-28/h14,22-33,48H,1,15-21H2,2-13H3,(H,41,50)(H,42,51)(H,43,49)/t24-,25+,26+,27-,28-,29+,30-,31-,32?,33+/m0/s1. The van der Waals surface area contributed by atoms with Gasteiger partial charge in [0.25, 0.3) is 0 Å². The Labute approximate surface area is 328 Å². The van der Waals surface area contributed by atoms with Crippen LogP contribution in [0.2, 0.25) is 0 Å². The molecular formula is C40H69N7O8. The Morgan fingerprint density at radius 3 is 1.84 bits per heavy atom. The van der Waals surface area contributed by atoms with E-state index in [-0.39, 0.29) is 31.2 Å². The Balaban J connectivity index is 2.80. The number of nitrogens with one attached hydrogen (secondary N) is 3. The summed E-state index contributed by atoms with van der Waals surface area (Å²) < 4.78 is 0. The summed E-state index contributed by atoms with van der Waals surface area (Å²) in [6.07, 6.45) is 2.75. The van der Waals surface area contributed by atoms with Gasteiger partial charge in [0, 0.05) is 27.7 Å². The van der Waals surface area contributed by atoms with Crippen LogP contribution in [0.5, 0.6) is 0 Å². The molecule has 4 N–H and O–H groups in total. The molecule has 0 aromatic heterocycles. The highest BCUT2D eigenvalue weighted by Crippen LogP contribution is 2.23. The van der Waals surface area contributed by atoms with Crippen molar-refractivity contribution in [3.8, 4) is 0 Å². The topological polar surface area (TPSA) is 189 Å². The van der Waals surface area contributed by atoms with Crippen molar-refractivity contribution in [2.24, 2.45) is 23.7 Å². The Bertz CT molecular complexity index is 1400. The lowest BCUT2D eigenvalue weighted by atomic mass is 9.94. The zero-order valence-electron chi connectivity index (χ0n) is 35.3. The Morgan fingerprint density at radius 2 is 1.29 bits per heavy atom. The number of hydrogen-bond donors (Lipinski definition) is 4. The molecule has 2 heterocycles. The fourth-order valence-electron chi connectivity index (χ4n) is 7.05. The fraction of sp³-hybridized carbons (Fsp3) is 0.775. The second-order valence-electron chi connectivity index (χ2n) is 16.5. The van der Waals surface area contributed by atoms with Gasteiger partial charge in [-0.05, 0) is 69.6 Å². The Hall–Kier alpha value is -4.01. The molecule has 0 saturated carbocycles. The van der Waals surface area contributed by atoms with Gasteiger partial charge in [0.05, 0.1) is 6.10 Å². The van der Waals surface area contributed by atoms with Crippen molar-refractivity contribution in [3.63, 3.8) is 0 Å². The molecule has 0 spiro atoms. The van der Waals surface area contributed by atoms with E-state index in [0.29, 0.717) is 25.7 Å². The largest absolute Gasteiger partial charge is 0.390 e. The van der Waals surface area contributed by atoms with E-state index >= 15 is 0 Å². The number of aliphatic hydroxyl groups excluding tert-OH is 1. The molecule has 2 aliphatic heterocycles. The van der Waals surface area contributed by atoms with Crippen molar-refractivity contribution in [2.75, 3.05) is 27.7 Å². The summed E-state index contributed by atoms with van der Waals surface area (Å²) in [6, 6.07) is -7.80. The molecule has 0 aromatic carbocycles. The lowest BCUT2D eigenvalue weighted by Crippen LogP contribution is -2.64. The minimum absolute atomic E-state index is 0.0374. The number of carbonyl (C=O) groups is 7. The van der Waals surface area contributed by atoms with Crippen LogP contribution in [-0.4, -0.2) is 142 Å². The third kappa shape index (κ3) is 11.7. The van der Waals surface area contributed by atoms with Crippen molar-refractivity contribution in [1.82, 2.24) is 35.6 Å². The molecule has 2 fully saturated rings. The highest BCUT2D eigenvalue weighted by Gasteiger charge is 2.43. The molecule has 7 amide bonds. The smallest absolute Gasteiger partial charge is 0.245 e. The number of nitrogens with zero attached hydrogens (tertiary/aromatic N) is 4. The fourth-order valence-corrected chi connectivity index (χ4v) is 7.05. The highest BCUT2D eigenvalue weighted by molar-refractivity contribution is 5.98. The minimum atomic E-state index is -1.47. The average Bonchev–Trinajstić information content (AvgIpc) is 3.16. The maximum Gasteiger partial charge on any atom is 0.245 e. The average molecular weight is 776 g/mol. The van der Waals surface area contributed by atoms with Gasteiger partial charge >= 0.3 is 0 Å². The van der Waals surface area contributed by atoms with Crippen LogP contribution in [0.15, 0.2) is 12.7 Å². The SMILES string of the molecule is C=C[C@H](C)C[C@@H]1NC(=O)[C@H](CC(C)C)N(C)C(=O)[C@@H](C)N(C)C(=O)[C@H]([C@H](C)CC)NC(=O)C([C@H](O)C(C)C)NC(=O)[C@H]2CCCCN2C(=O)[C@H](C)N(C)C1=O. The van der Waals surface area contributed by atoms with Crippen LogP contribution >= 0.6 is 0 Å². The van der Waals surface area contributed by atoms with Gasteiger partial charge in [-0.15, -0.1) is 6.58 Å². The van der Waals surface area contributed by atoms with Crippen LogP contribution in [0.25, 0.3) is 0 Å². The number of amides is 7. The molecule has 15 nitrogen and oxygen atoms in total. The van der Waals surface area contributed by atoms with Crippen LogP contribution in [0.4, 0.5) is 0 Å². The van der Waals surface area contributed by atoms with Gasteiger partial charge in [0.15, 0.2) is 0 Å². The summed E-state index contributed by atoms with van der Waals surface area (Å²) in [4.78, 5) is 104. The predicted molar refractivity (Wildman–Crippen MR) is 210 cm³/mol. The van der Waals surface area contributed by atoms with Gasteiger partial charge in [-0.1, -0.05) is 61.0 Å². The van der Waals surface area contributed by atoms with E-state index in [4.69, 9.17) is 0 Å². The van der Waals surface area contributed by atoms with Crippen molar-refractivity contribution in [1.29, 1.82) is 0 Å². The molecule has 0 bridgehead atoms. The Kier molecular flexibility index (Phi) is 17.8. The van der Waals surface area contributed by atoms with Crippen LogP contribution < -0.4 is 16.0 Å². The molecule has 0 radical (unpaired) electrons. The maximum absolute atomic E-state index is 14.2. The first-order valence-electron chi connectivity index (χ1n) is 19.9. The summed E-state index contributed by atoms with van der Waals surface area (Å²) in [6.45, 7) is 19.8. The van der Waals surface area contributed by atoms with Gasteiger partial charge in [0.2, 0.25) is 41.4 Å². The molecule has 312 valence electrons. The number of carbonyl (C=O) groups excluding carboxylic acids is 7. The molecule has 0 aliphatic carbocycles. The van der Waals surface area contributed by atoms with Crippen molar-refractivity contribution < 1.29 is 38.7 Å². The van der Waals surface area contributed by atoms with Gasteiger partial charge in [0.1, 0.15) is 42.3 Å². The number of fused-ring (bicyclic) bond motifs is 1. The molecule has 2 rings (SSSR count). The van der Waals surface area contributed by atoms with E-state index in [0.717, 1.165) is 0 Å². The third-order valence-electron chi connectivity index (χ3n) is 11.5.